The lowest BCUT2D eigenvalue weighted by Gasteiger charge is -2.40. The number of nitrogens with zero attached hydrogens (tertiary/aromatic N) is 1. The third-order valence-corrected chi connectivity index (χ3v) is 8.28. The smallest absolute Gasteiger partial charge is 0.161 e. The summed E-state index contributed by atoms with van der Waals surface area (Å²) >= 11 is 6.08. The highest BCUT2D eigenvalue weighted by Gasteiger charge is 2.49. The second-order valence-electron chi connectivity index (χ2n) is 8.43. The third-order valence-electron chi connectivity index (χ3n) is 6.16. The van der Waals surface area contributed by atoms with Crippen LogP contribution >= 0.6 is 11.6 Å². The molecule has 0 aromatic heterocycles. The summed E-state index contributed by atoms with van der Waals surface area (Å²) in [5, 5.41) is 4.30. The van der Waals surface area contributed by atoms with E-state index in [4.69, 9.17) is 21.1 Å². The van der Waals surface area contributed by atoms with Crippen molar-refractivity contribution in [1.29, 1.82) is 0 Å². The number of hydrogen-bond donors (Lipinski definition) is 1. The largest absolute Gasteiger partial charge is 0.492 e. The summed E-state index contributed by atoms with van der Waals surface area (Å²) in [7, 11) is -3.25. The van der Waals surface area contributed by atoms with Gasteiger partial charge in [0.05, 0.1) is 19.3 Å². The number of halogens is 1. The van der Waals surface area contributed by atoms with Gasteiger partial charge in [0.2, 0.25) is 0 Å². The molecule has 8 heteroatoms. The molecule has 2 fully saturated rings. The minimum absolute atomic E-state index is 0.211. The van der Waals surface area contributed by atoms with Crippen molar-refractivity contribution in [2.45, 2.75) is 17.2 Å². The van der Waals surface area contributed by atoms with E-state index < -0.39 is 14.6 Å². The summed E-state index contributed by atoms with van der Waals surface area (Å²) < 4.78 is 34.7. The second kappa shape index (κ2) is 9.46. The van der Waals surface area contributed by atoms with Gasteiger partial charge in [0.15, 0.2) is 9.84 Å². The maximum absolute atomic E-state index is 12.2. The molecule has 168 valence electrons. The summed E-state index contributed by atoms with van der Waals surface area (Å²) in [6.45, 7) is 4.84. The first-order chi connectivity index (χ1) is 14.9. The quantitative estimate of drug-likeness (QED) is 0.647. The fourth-order valence-corrected chi connectivity index (χ4v) is 5.49. The maximum Gasteiger partial charge on any atom is 0.161 e. The topological polar surface area (TPSA) is 67.9 Å². The number of sulfone groups is 1. The van der Waals surface area contributed by atoms with E-state index in [1.165, 1.54) is 11.8 Å². The van der Waals surface area contributed by atoms with Gasteiger partial charge in [0, 0.05) is 37.5 Å². The van der Waals surface area contributed by atoms with Crippen LogP contribution in [-0.4, -0.2) is 71.6 Å². The fraction of sp³-hybridized carbons (Fsp3) is 0.478. The molecule has 6 nitrogen and oxygen atoms in total. The van der Waals surface area contributed by atoms with Gasteiger partial charge < -0.3 is 19.7 Å². The van der Waals surface area contributed by atoms with Crippen molar-refractivity contribution < 1.29 is 17.9 Å². The van der Waals surface area contributed by atoms with Gasteiger partial charge in [-0.1, -0.05) is 35.9 Å². The van der Waals surface area contributed by atoms with Gasteiger partial charge in [-0.05, 0) is 41.8 Å². The molecule has 0 saturated carbocycles. The van der Waals surface area contributed by atoms with E-state index >= 15 is 0 Å². The van der Waals surface area contributed by atoms with Crippen molar-refractivity contribution >= 4 is 21.4 Å². The minimum atomic E-state index is -3.25. The molecule has 2 aromatic carbocycles. The molecule has 1 N–H and O–H groups in total. The molecule has 31 heavy (non-hydrogen) atoms. The Bertz CT molecular complexity index is 993. The molecule has 2 heterocycles. The van der Waals surface area contributed by atoms with E-state index in [1.807, 2.05) is 42.5 Å². The maximum atomic E-state index is 12.2. The molecule has 0 radical (unpaired) electrons. The first kappa shape index (κ1) is 22.6. The highest BCUT2D eigenvalue weighted by atomic mass is 35.5. The molecule has 2 aromatic rings. The van der Waals surface area contributed by atoms with Crippen LogP contribution in [0.1, 0.15) is 11.1 Å². The number of benzene rings is 2. The number of nitrogens with one attached hydrogen (secondary N) is 1. The van der Waals surface area contributed by atoms with Crippen LogP contribution in [0, 0.1) is 0 Å². The van der Waals surface area contributed by atoms with Crippen molar-refractivity contribution in [1.82, 2.24) is 10.2 Å². The molecule has 0 aliphatic carbocycles. The van der Waals surface area contributed by atoms with Crippen LogP contribution in [0.25, 0.3) is 0 Å². The lowest BCUT2D eigenvalue weighted by Crippen LogP contribution is -2.53. The molecule has 2 aliphatic heterocycles. The minimum Gasteiger partial charge on any atom is -0.492 e. The molecule has 1 atom stereocenters. The van der Waals surface area contributed by atoms with Crippen molar-refractivity contribution in [2.24, 2.45) is 0 Å². The molecular formula is C23H29ClN2O4S. The average Bonchev–Trinajstić information content (AvgIpc) is 2.70. The standard InChI is InChI=1S/C23H29ClN2O4S/c1-31(27,28)23(16-29-17-23)19-5-7-22(8-6-19)30-15-21-14-26(12-10-25-21)11-9-18-3-2-4-20(24)13-18/h2-8,13,21,25H,9-12,14-17H2,1H3/t21-/m0/s1. The third kappa shape index (κ3) is 5.23. The molecule has 0 amide bonds. The van der Waals surface area contributed by atoms with E-state index in [1.54, 1.807) is 0 Å². The molecule has 4 rings (SSSR count). The lowest BCUT2D eigenvalue weighted by molar-refractivity contribution is -0.0156. The van der Waals surface area contributed by atoms with Crippen LogP contribution in [0.4, 0.5) is 0 Å². The molecule has 0 unspecified atom stereocenters. The van der Waals surface area contributed by atoms with Gasteiger partial charge in [0.1, 0.15) is 17.1 Å². The summed E-state index contributed by atoms with van der Waals surface area (Å²) in [6, 6.07) is 15.6. The molecule has 2 saturated heterocycles. The van der Waals surface area contributed by atoms with Gasteiger partial charge in [-0.15, -0.1) is 0 Å². The van der Waals surface area contributed by atoms with Crippen LogP contribution < -0.4 is 10.1 Å². The van der Waals surface area contributed by atoms with E-state index in [-0.39, 0.29) is 19.3 Å². The van der Waals surface area contributed by atoms with Crippen molar-refractivity contribution in [3.63, 3.8) is 0 Å². The molecule has 0 spiro atoms. The van der Waals surface area contributed by atoms with Gasteiger partial charge in [-0.25, -0.2) is 8.42 Å². The predicted octanol–water partition coefficient (Wildman–Crippen LogP) is 2.51. The number of piperazine rings is 1. The van der Waals surface area contributed by atoms with Crippen molar-refractivity contribution in [3.05, 3.63) is 64.7 Å². The van der Waals surface area contributed by atoms with Crippen LogP contribution in [0.2, 0.25) is 5.02 Å². The Hall–Kier alpha value is -1.64. The van der Waals surface area contributed by atoms with Gasteiger partial charge in [0.25, 0.3) is 0 Å². The number of rotatable bonds is 8. The Morgan fingerprint density at radius 1 is 1.23 bits per heavy atom. The van der Waals surface area contributed by atoms with Gasteiger partial charge >= 0.3 is 0 Å². The summed E-state index contributed by atoms with van der Waals surface area (Å²) in [4.78, 5) is 2.45. The van der Waals surface area contributed by atoms with Crippen LogP contribution in [-0.2, 0) is 25.7 Å². The van der Waals surface area contributed by atoms with Gasteiger partial charge in [-0.2, -0.15) is 0 Å². The zero-order valence-corrected chi connectivity index (χ0v) is 19.3. The zero-order chi connectivity index (χ0) is 21.9. The highest BCUT2D eigenvalue weighted by molar-refractivity contribution is 7.91. The van der Waals surface area contributed by atoms with Crippen molar-refractivity contribution in [3.8, 4) is 5.75 Å². The summed E-state index contributed by atoms with van der Waals surface area (Å²) in [5.41, 5.74) is 2.01. The van der Waals surface area contributed by atoms with Crippen LogP contribution in [0.3, 0.4) is 0 Å². The normalized spacial score (nSPS) is 21.4. The summed E-state index contributed by atoms with van der Waals surface area (Å²) in [6.07, 6.45) is 2.24. The zero-order valence-electron chi connectivity index (χ0n) is 17.7. The monoisotopic (exact) mass is 464 g/mol. The predicted molar refractivity (Wildman–Crippen MR) is 123 cm³/mol. The molecular weight excluding hydrogens is 436 g/mol. The summed E-state index contributed by atoms with van der Waals surface area (Å²) in [5.74, 6) is 0.741. The van der Waals surface area contributed by atoms with Crippen molar-refractivity contribution in [2.75, 3.05) is 52.3 Å². The lowest BCUT2D eigenvalue weighted by atomic mass is 9.96. The Labute approximate surface area is 189 Å². The van der Waals surface area contributed by atoms with Crippen LogP contribution in [0.5, 0.6) is 5.75 Å². The number of hydrogen-bond acceptors (Lipinski definition) is 6. The first-order valence-corrected chi connectivity index (χ1v) is 12.8. The van der Waals surface area contributed by atoms with Gasteiger partial charge in [-0.3, -0.25) is 0 Å². The van der Waals surface area contributed by atoms with E-state index in [0.717, 1.165) is 48.9 Å². The average molecular weight is 465 g/mol. The second-order valence-corrected chi connectivity index (χ2v) is 11.2. The highest BCUT2D eigenvalue weighted by Crippen LogP contribution is 2.38. The van der Waals surface area contributed by atoms with E-state index in [0.29, 0.717) is 6.61 Å². The van der Waals surface area contributed by atoms with E-state index in [9.17, 15) is 8.42 Å². The fourth-order valence-electron chi connectivity index (χ4n) is 4.12. The SMILES string of the molecule is CS(=O)(=O)C1(c2ccc(OC[C@@H]3CN(CCc4cccc(Cl)c4)CCN3)cc2)COC1. The van der Waals surface area contributed by atoms with Crippen LogP contribution in [0.15, 0.2) is 48.5 Å². The molecule has 2 aliphatic rings. The number of ether oxygens (including phenoxy) is 2. The Morgan fingerprint density at radius 3 is 2.65 bits per heavy atom. The Balaban J connectivity index is 1.28. The Kier molecular flexibility index (Phi) is 6.89. The first-order valence-electron chi connectivity index (χ1n) is 10.6. The Morgan fingerprint density at radius 2 is 2.00 bits per heavy atom. The molecule has 0 bridgehead atoms. The van der Waals surface area contributed by atoms with E-state index in [2.05, 4.69) is 16.3 Å².